The number of rotatable bonds is 4. The molecule has 2 bridgehead atoms. The Labute approximate surface area is 273 Å². The molecule has 46 heavy (non-hydrogen) atoms. The van der Waals surface area contributed by atoms with Crippen LogP contribution in [0.4, 0.5) is 4.79 Å². The van der Waals surface area contributed by atoms with Gasteiger partial charge in [-0.3, -0.25) is 9.69 Å². The van der Waals surface area contributed by atoms with E-state index in [0.29, 0.717) is 24.8 Å². The number of hydrogen-bond donors (Lipinski definition) is 1. The van der Waals surface area contributed by atoms with Crippen LogP contribution >= 0.6 is 0 Å². The minimum absolute atomic E-state index is 0.0150. The maximum atomic E-state index is 14.8. The van der Waals surface area contributed by atoms with Gasteiger partial charge in [0, 0.05) is 34.3 Å². The van der Waals surface area contributed by atoms with Crippen LogP contribution in [0.15, 0.2) is 66.3 Å². The number of allylic oxidation sites excluding steroid dienone is 4. The van der Waals surface area contributed by atoms with Crippen molar-refractivity contribution in [3.63, 3.8) is 0 Å². The molecule has 8 atom stereocenters. The summed E-state index contributed by atoms with van der Waals surface area (Å²) in [6.45, 7) is 6.04. The van der Waals surface area contributed by atoms with Crippen LogP contribution in [-0.4, -0.2) is 40.1 Å². The third-order valence-electron chi connectivity index (χ3n) is 15.1. The molecule has 4 saturated carbocycles. The lowest BCUT2D eigenvalue weighted by atomic mass is 9.32. The Balaban J connectivity index is 1.11. The van der Waals surface area contributed by atoms with Gasteiger partial charge in [-0.1, -0.05) is 93.8 Å². The highest BCUT2D eigenvalue weighted by Gasteiger charge is 2.76. The van der Waals surface area contributed by atoms with Crippen molar-refractivity contribution in [1.82, 2.24) is 4.90 Å². The summed E-state index contributed by atoms with van der Waals surface area (Å²) in [4.78, 5) is 30.5. The van der Waals surface area contributed by atoms with Gasteiger partial charge in [0.2, 0.25) is 0 Å². The molecular weight excluding hydrogens is 570 g/mol. The third kappa shape index (κ3) is 3.62. The second kappa shape index (κ2) is 9.81. The molecule has 242 valence electrons. The predicted octanol–water partition coefficient (Wildman–Crippen LogP) is 8.54. The first-order valence-electron chi connectivity index (χ1n) is 18.3. The Bertz CT molecular complexity index is 1680. The lowest BCUT2D eigenvalue weighted by Crippen LogP contribution is -2.67. The van der Waals surface area contributed by atoms with Crippen molar-refractivity contribution in [2.75, 3.05) is 6.54 Å². The zero-order valence-electron chi connectivity index (χ0n) is 27.6. The van der Waals surface area contributed by atoms with E-state index in [1.807, 2.05) is 4.90 Å². The highest BCUT2D eigenvalue weighted by molar-refractivity contribution is 6.00. The Hall–Kier alpha value is -2.92. The van der Waals surface area contributed by atoms with Crippen LogP contribution in [0.3, 0.4) is 0 Å². The van der Waals surface area contributed by atoms with Crippen molar-refractivity contribution in [3.05, 3.63) is 71.8 Å². The van der Waals surface area contributed by atoms with Crippen molar-refractivity contribution in [3.8, 4) is 0 Å². The summed E-state index contributed by atoms with van der Waals surface area (Å²) in [6.07, 6.45) is 18.7. The minimum atomic E-state index is -0.554. The number of ether oxygens (including phenoxy) is 1. The molecule has 5 fully saturated rings. The first-order valence-corrected chi connectivity index (χ1v) is 18.3. The molecule has 1 heterocycles. The van der Waals surface area contributed by atoms with Gasteiger partial charge in [0.15, 0.2) is 5.78 Å². The van der Waals surface area contributed by atoms with E-state index in [0.717, 1.165) is 81.8 Å². The molecule has 1 aliphatic heterocycles. The summed E-state index contributed by atoms with van der Waals surface area (Å²) in [5.74, 6) is 1.10. The SMILES string of the molecule is C[C@]12CC[C@H]3[C@]4(C=C[C@@]5(C=C4C(=O)C4CCCCC4)C[C@@H](O)CC[C@]35C)[C@@H]1CC[C@@]21CN(Cc2cccc3ccccc23)C(=O)O1. The largest absolute Gasteiger partial charge is 0.440 e. The molecule has 0 unspecified atom stereocenters. The molecular formula is C41H49NO4. The van der Waals surface area contributed by atoms with Crippen LogP contribution < -0.4 is 0 Å². The standard InChI is InChI=1S/C41H49NO4/c1-37-18-15-30(43)23-39(37)21-22-41(32(24-39)35(44)28-10-4-3-5-11-28)33(37)16-19-38(2)34(41)17-20-40(38)26-42(36(45)46-40)25-29-13-8-12-27-9-6-7-14-31(27)29/h6-9,12-14,21-22,24,28,30,33-34,43H,3-5,10-11,15-20,23,25-26H2,1-2H3/t30-,33+,34+,37+,38-,39-,40+,41+/m0/s1. The van der Waals surface area contributed by atoms with E-state index in [4.69, 9.17) is 4.74 Å². The van der Waals surface area contributed by atoms with Gasteiger partial charge in [-0.15, -0.1) is 0 Å². The second-order valence-corrected chi connectivity index (χ2v) is 16.8. The predicted molar refractivity (Wildman–Crippen MR) is 179 cm³/mol. The summed E-state index contributed by atoms with van der Waals surface area (Å²) in [7, 11) is 0. The molecule has 2 aromatic carbocycles. The van der Waals surface area contributed by atoms with Crippen LogP contribution in [0.5, 0.6) is 0 Å². The number of amides is 1. The summed E-state index contributed by atoms with van der Waals surface area (Å²) < 4.78 is 6.64. The number of fused-ring (bicyclic) bond motifs is 3. The average Bonchev–Trinajstić information content (AvgIpc) is 3.55. The third-order valence-corrected chi connectivity index (χ3v) is 15.1. The van der Waals surface area contributed by atoms with E-state index in [9.17, 15) is 14.7 Å². The first kappa shape index (κ1) is 29.2. The van der Waals surface area contributed by atoms with E-state index in [-0.39, 0.29) is 45.7 Å². The Morgan fingerprint density at radius 2 is 1.63 bits per heavy atom. The van der Waals surface area contributed by atoms with Gasteiger partial charge in [-0.2, -0.15) is 0 Å². The zero-order chi connectivity index (χ0) is 31.5. The summed E-state index contributed by atoms with van der Waals surface area (Å²) in [5.41, 5.74) is 0.870. The number of aliphatic hydroxyl groups is 1. The number of benzene rings is 2. The topological polar surface area (TPSA) is 66.8 Å². The molecule has 2 aromatic rings. The molecule has 0 radical (unpaired) electrons. The van der Waals surface area contributed by atoms with E-state index in [1.165, 1.54) is 17.2 Å². The van der Waals surface area contributed by atoms with Crippen LogP contribution in [0.1, 0.15) is 96.5 Å². The van der Waals surface area contributed by atoms with Gasteiger partial charge in [-0.05, 0) is 91.4 Å². The molecule has 7 aliphatic carbocycles. The fraction of sp³-hybridized carbons (Fsp3) is 0.610. The Kier molecular flexibility index (Phi) is 6.24. The maximum Gasteiger partial charge on any atom is 0.410 e. The van der Waals surface area contributed by atoms with E-state index in [1.54, 1.807) is 0 Å². The van der Waals surface area contributed by atoms with Crippen molar-refractivity contribution >= 4 is 22.6 Å². The molecule has 1 amide bonds. The molecule has 3 spiro atoms. The fourth-order valence-corrected chi connectivity index (χ4v) is 12.7. The van der Waals surface area contributed by atoms with Crippen molar-refractivity contribution in [1.29, 1.82) is 0 Å². The zero-order valence-corrected chi connectivity index (χ0v) is 27.6. The van der Waals surface area contributed by atoms with Gasteiger partial charge < -0.3 is 9.84 Å². The van der Waals surface area contributed by atoms with Crippen LogP contribution in [0, 0.1) is 39.4 Å². The highest BCUT2D eigenvalue weighted by atomic mass is 16.6. The minimum Gasteiger partial charge on any atom is -0.440 e. The van der Waals surface area contributed by atoms with Gasteiger partial charge in [0.25, 0.3) is 0 Å². The van der Waals surface area contributed by atoms with Gasteiger partial charge in [-0.25, -0.2) is 4.79 Å². The quantitative estimate of drug-likeness (QED) is 0.348. The fourth-order valence-electron chi connectivity index (χ4n) is 12.7. The van der Waals surface area contributed by atoms with Gasteiger partial charge in [0.1, 0.15) is 5.60 Å². The summed E-state index contributed by atoms with van der Waals surface area (Å²) in [5, 5.41) is 13.4. The highest BCUT2D eigenvalue weighted by Crippen LogP contribution is 2.79. The molecule has 5 nitrogen and oxygen atoms in total. The number of Topliss-reactive ketones (excluding diaryl/α,β-unsaturated/α-hetero) is 1. The molecule has 8 aliphatic rings. The Morgan fingerprint density at radius 3 is 2.48 bits per heavy atom. The summed E-state index contributed by atoms with van der Waals surface area (Å²) in [6, 6.07) is 14.8. The van der Waals surface area contributed by atoms with E-state index >= 15 is 0 Å². The first-order chi connectivity index (χ1) is 22.1. The molecule has 5 heteroatoms. The van der Waals surface area contributed by atoms with E-state index < -0.39 is 5.60 Å². The molecule has 1 saturated heterocycles. The summed E-state index contributed by atoms with van der Waals surface area (Å²) >= 11 is 0. The number of carbonyl (C=O) groups excluding carboxylic acids is 2. The van der Waals surface area contributed by atoms with Crippen molar-refractivity contribution in [2.45, 2.75) is 109 Å². The normalized spacial score (nSPS) is 42.9. The smallest absolute Gasteiger partial charge is 0.410 e. The van der Waals surface area contributed by atoms with Crippen LogP contribution in [0.2, 0.25) is 0 Å². The number of carbonyl (C=O) groups is 2. The number of hydrogen-bond acceptors (Lipinski definition) is 4. The van der Waals surface area contributed by atoms with Gasteiger partial charge >= 0.3 is 6.09 Å². The van der Waals surface area contributed by atoms with Gasteiger partial charge in [0.05, 0.1) is 12.6 Å². The average molecular weight is 620 g/mol. The second-order valence-electron chi connectivity index (χ2n) is 16.8. The Morgan fingerprint density at radius 1 is 0.891 bits per heavy atom. The van der Waals surface area contributed by atoms with Crippen molar-refractivity contribution in [2.24, 2.45) is 39.4 Å². The lowest BCUT2D eigenvalue weighted by molar-refractivity contribution is -0.169. The van der Waals surface area contributed by atoms with Crippen molar-refractivity contribution < 1.29 is 19.4 Å². The monoisotopic (exact) mass is 619 g/mol. The number of aliphatic hydroxyl groups excluding tert-OH is 1. The molecule has 0 aromatic heterocycles. The van der Waals surface area contributed by atoms with Crippen LogP contribution in [-0.2, 0) is 16.1 Å². The van der Waals surface area contributed by atoms with E-state index in [2.05, 4.69) is 74.5 Å². The molecule has 10 rings (SSSR count). The van der Waals surface area contributed by atoms with Crippen LogP contribution in [0.25, 0.3) is 10.8 Å². The lowest BCUT2D eigenvalue weighted by Gasteiger charge is -2.71. The number of ketones is 1. The number of nitrogens with zero attached hydrogens (tertiary/aromatic N) is 1. The molecule has 1 N–H and O–H groups in total. The maximum absolute atomic E-state index is 14.8.